The first-order valence-electron chi connectivity index (χ1n) is 6.63. The first-order valence-corrected chi connectivity index (χ1v) is 6.63. The number of furan rings is 1. The third-order valence-corrected chi connectivity index (χ3v) is 3.30. The molecule has 0 bridgehead atoms. The lowest BCUT2D eigenvalue weighted by Crippen LogP contribution is -2.12. The minimum absolute atomic E-state index is 0.132. The van der Waals surface area contributed by atoms with Gasteiger partial charge in [-0.05, 0) is 45.0 Å². The van der Waals surface area contributed by atoms with Crippen molar-refractivity contribution in [1.29, 1.82) is 0 Å². The van der Waals surface area contributed by atoms with Gasteiger partial charge >= 0.3 is 5.97 Å². The van der Waals surface area contributed by atoms with Crippen LogP contribution in [0.25, 0.3) is 0 Å². The third-order valence-electron chi connectivity index (χ3n) is 3.30. The van der Waals surface area contributed by atoms with Gasteiger partial charge in [-0.25, -0.2) is 9.18 Å². The van der Waals surface area contributed by atoms with Gasteiger partial charge in [-0.2, -0.15) is 0 Å². The molecule has 1 aromatic carbocycles. The van der Waals surface area contributed by atoms with Gasteiger partial charge in [0.2, 0.25) is 0 Å². The molecule has 0 aliphatic carbocycles. The van der Waals surface area contributed by atoms with E-state index in [1.807, 2.05) is 26.8 Å². The highest BCUT2D eigenvalue weighted by Gasteiger charge is 2.17. The molecule has 21 heavy (non-hydrogen) atoms. The molecule has 1 unspecified atom stereocenters. The van der Waals surface area contributed by atoms with Crippen LogP contribution >= 0.6 is 0 Å². The van der Waals surface area contributed by atoms with E-state index in [-0.39, 0.29) is 6.04 Å². The number of aryl methyl sites for hydroxylation is 2. The molecule has 0 amide bonds. The molecular formula is C16H18FNO3. The maximum atomic E-state index is 13.4. The van der Waals surface area contributed by atoms with E-state index in [4.69, 9.17) is 9.15 Å². The van der Waals surface area contributed by atoms with Crippen molar-refractivity contribution in [3.8, 4) is 0 Å². The van der Waals surface area contributed by atoms with Crippen molar-refractivity contribution < 1.29 is 18.3 Å². The number of nitrogens with one attached hydrogen (secondary N) is 1. The van der Waals surface area contributed by atoms with Gasteiger partial charge in [-0.3, -0.25) is 0 Å². The number of halogens is 1. The molecule has 1 heterocycles. The van der Waals surface area contributed by atoms with Crippen molar-refractivity contribution in [2.45, 2.75) is 26.8 Å². The Morgan fingerprint density at radius 2 is 2.05 bits per heavy atom. The molecular weight excluding hydrogens is 273 g/mol. The number of esters is 1. The fraction of sp³-hybridized carbons (Fsp3) is 0.312. The molecule has 1 atom stereocenters. The summed E-state index contributed by atoms with van der Waals surface area (Å²) in [6, 6.07) is 5.71. The molecule has 0 aliphatic heterocycles. The fourth-order valence-electron chi connectivity index (χ4n) is 2.32. The average molecular weight is 291 g/mol. The first kappa shape index (κ1) is 15.1. The van der Waals surface area contributed by atoms with Gasteiger partial charge in [0.1, 0.15) is 17.3 Å². The van der Waals surface area contributed by atoms with Gasteiger partial charge in [0.05, 0.1) is 24.4 Å². The highest BCUT2D eigenvalue weighted by Crippen LogP contribution is 2.27. The van der Waals surface area contributed by atoms with E-state index in [9.17, 15) is 9.18 Å². The van der Waals surface area contributed by atoms with Crippen LogP contribution in [-0.2, 0) is 4.74 Å². The number of carbonyl (C=O) groups excluding carboxylic acids is 1. The summed E-state index contributed by atoms with van der Waals surface area (Å²) in [7, 11) is 1.29. The molecule has 1 N–H and O–H groups in total. The summed E-state index contributed by atoms with van der Waals surface area (Å²) < 4.78 is 23.6. The lowest BCUT2D eigenvalue weighted by molar-refractivity contribution is 0.0601. The predicted molar refractivity (Wildman–Crippen MR) is 78.0 cm³/mol. The molecule has 0 saturated carbocycles. The van der Waals surface area contributed by atoms with Gasteiger partial charge in [0.15, 0.2) is 0 Å². The summed E-state index contributed by atoms with van der Waals surface area (Å²) in [6.45, 7) is 5.65. The van der Waals surface area contributed by atoms with Crippen molar-refractivity contribution in [2.75, 3.05) is 12.4 Å². The maximum Gasteiger partial charge on any atom is 0.339 e. The van der Waals surface area contributed by atoms with Crippen molar-refractivity contribution in [2.24, 2.45) is 0 Å². The Labute approximate surface area is 122 Å². The van der Waals surface area contributed by atoms with E-state index in [2.05, 4.69) is 5.32 Å². The first-order chi connectivity index (χ1) is 9.92. The second-order valence-corrected chi connectivity index (χ2v) is 4.92. The Morgan fingerprint density at radius 3 is 2.62 bits per heavy atom. The highest BCUT2D eigenvalue weighted by molar-refractivity contribution is 5.95. The highest BCUT2D eigenvalue weighted by atomic mass is 19.1. The number of hydrogen-bond donors (Lipinski definition) is 1. The second-order valence-electron chi connectivity index (χ2n) is 4.92. The van der Waals surface area contributed by atoms with E-state index in [0.29, 0.717) is 11.3 Å². The molecule has 0 fully saturated rings. The molecule has 0 radical (unpaired) electrons. The summed E-state index contributed by atoms with van der Waals surface area (Å²) in [5.74, 6) is 0.675. The molecule has 5 heteroatoms. The standard InChI is InChI=1S/C16H18FNO3/c1-9-7-14(11(3)21-9)10(2)18-15-8-12(17)5-6-13(15)16(19)20-4/h5-8,10,18H,1-4H3. The number of rotatable bonds is 4. The van der Waals surface area contributed by atoms with Gasteiger partial charge < -0.3 is 14.5 Å². The van der Waals surface area contributed by atoms with E-state index in [0.717, 1.165) is 17.1 Å². The van der Waals surface area contributed by atoms with E-state index in [1.165, 1.54) is 25.3 Å². The molecule has 4 nitrogen and oxygen atoms in total. The summed E-state index contributed by atoms with van der Waals surface area (Å²) in [5.41, 5.74) is 1.66. The number of carbonyl (C=O) groups is 1. The number of anilines is 1. The van der Waals surface area contributed by atoms with E-state index in [1.54, 1.807) is 0 Å². The van der Waals surface area contributed by atoms with Crippen LogP contribution in [-0.4, -0.2) is 13.1 Å². The monoisotopic (exact) mass is 291 g/mol. The van der Waals surface area contributed by atoms with Crippen LogP contribution in [0.1, 0.15) is 40.4 Å². The minimum atomic E-state index is -0.509. The zero-order valence-electron chi connectivity index (χ0n) is 12.5. The Kier molecular flexibility index (Phi) is 4.31. The Balaban J connectivity index is 2.32. The molecule has 0 saturated heterocycles. The molecule has 0 spiro atoms. The molecule has 2 rings (SSSR count). The quantitative estimate of drug-likeness (QED) is 0.865. The molecule has 112 valence electrons. The topological polar surface area (TPSA) is 51.5 Å². The van der Waals surface area contributed by atoms with Crippen molar-refractivity contribution >= 4 is 11.7 Å². The average Bonchev–Trinajstić information content (AvgIpc) is 2.77. The molecule has 0 aliphatic rings. The Hall–Kier alpha value is -2.30. The number of methoxy groups -OCH3 is 1. The zero-order chi connectivity index (χ0) is 15.6. The Morgan fingerprint density at radius 1 is 1.33 bits per heavy atom. The second kappa shape index (κ2) is 5.99. The van der Waals surface area contributed by atoms with Crippen molar-refractivity contribution in [3.05, 3.63) is 52.7 Å². The lowest BCUT2D eigenvalue weighted by atomic mass is 10.1. The number of hydrogen-bond acceptors (Lipinski definition) is 4. The SMILES string of the molecule is COC(=O)c1ccc(F)cc1NC(C)c1cc(C)oc1C. The summed E-state index contributed by atoms with van der Waals surface area (Å²) in [6.07, 6.45) is 0. The lowest BCUT2D eigenvalue weighted by Gasteiger charge is -2.17. The van der Waals surface area contributed by atoms with Crippen LogP contribution in [0.5, 0.6) is 0 Å². The summed E-state index contributed by atoms with van der Waals surface area (Å²) in [5, 5.41) is 3.14. The largest absolute Gasteiger partial charge is 0.466 e. The van der Waals surface area contributed by atoms with E-state index >= 15 is 0 Å². The van der Waals surface area contributed by atoms with Crippen molar-refractivity contribution in [3.63, 3.8) is 0 Å². The Bertz CT molecular complexity index is 664. The number of ether oxygens (including phenoxy) is 1. The van der Waals surface area contributed by atoms with Gasteiger partial charge in [-0.1, -0.05) is 0 Å². The van der Waals surface area contributed by atoms with Crippen LogP contribution in [0.15, 0.2) is 28.7 Å². The predicted octanol–water partition coefficient (Wildman–Crippen LogP) is 4.00. The smallest absolute Gasteiger partial charge is 0.339 e. The van der Waals surface area contributed by atoms with Gasteiger partial charge in [-0.15, -0.1) is 0 Å². The van der Waals surface area contributed by atoms with Gasteiger partial charge in [0, 0.05) is 5.56 Å². The van der Waals surface area contributed by atoms with Crippen LogP contribution in [0.3, 0.4) is 0 Å². The van der Waals surface area contributed by atoms with Crippen LogP contribution < -0.4 is 5.32 Å². The summed E-state index contributed by atoms with van der Waals surface area (Å²) in [4.78, 5) is 11.7. The third kappa shape index (κ3) is 3.24. The zero-order valence-corrected chi connectivity index (χ0v) is 12.5. The van der Waals surface area contributed by atoms with Crippen LogP contribution in [0.2, 0.25) is 0 Å². The number of benzene rings is 1. The van der Waals surface area contributed by atoms with Crippen LogP contribution in [0.4, 0.5) is 10.1 Å². The normalized spacial score (nSPS) is 12.0. The summed E-state index contributed by atoms with van der Waals surface area (Å²) >= 11 is 0. The van der Waals surface area contributed by atoms with Crippen molar-refractivity contribution in [1.82, 2.24) is 0 Å². The fourth-order valence-corrected chi connectivity index (χ4v) is 2.32. The van der Waals surface area contributed by atoms with Crippen LogP contribution in [0, 0.1) is 19.7 Å². The molecule has 1 aromatic heterocycles. The van der Waals surface area contributed by atoms with Gasteiger partial charge in [0.25, 0.3) is 0 Å². The molecule has 2 aromatic rings. The maximum absolute atomic E-state index is 13.4. The van der Waals surface area contributed by atoms with E-state index < -0.39 is 11.8 Å². The minimum Gasteiger partial charge on any atom is -0.466 e.